The highest BCUT2D eigenvalue weighted by Gasteiger charge is 2.08. The summed E-state index contributed by atoms with van der Waals surface area (Å²) in [6.45, 7) is 3.88. The van der Waals surface area contributed by atoms with Crippen LogP contribution >= 0.6 is 0 Å². The second-order valence-electron chi connectivity index (χ2n) is 5.14. The van der Waals surface area contributed by atoms with Crippen molar-refractivity contribution in [3.63, 3.8) is 0 Å². The predicted octanol–water partition coefficient (Wildman–Crippen LogP) is 2.56. The van der Waals surface area contributed by atoms with E-state index in [1.54, 1.807) is 12.5 Å². The third-order valence-corrected chi connectivity index (χ3v) is 3.13. The maximum absolute atomic E-state index is 11.9. The van der Waals surface area contributed by atoms with Crippen LogP contribution in [0.1, 0.15) is 24.2 Å². The van der Waals surface area contributed by atoms with Crippen molar-refractivity contribution in [2.24, 2.45) is 0 Å². The lowest BCUT2D eigenvalue weighted by Crippen LogP contribution is -2.29. The van der Waals surface area contributed by atoms with Gasteiger partial charge in [0.1, 0.15) is 11.8 Å². The van der Waals surface area contributed by atoms with Gasteiger partial charge in [-0.25, -0.2) is 9.97 Å². The van der Waals surface area contributed by atoms with E-state index in [-0.39, 0.29) is 11.9 Å². The van der Waals surface area contributed by atoms with Crippen molar-refractivity contribution in [2.75, 3.05) is 0 Å². The van der Waals surface area contributed by atoms with E-state index >= 15 is 0 Å². The summed E-state index contributed by atoms with van der Waals surface area (Å²) in [7, 11) is 0. The minimum atomic E-state index is -0.0647. The number of amides is 1. The lowest BCUT2D eigenvalue weighted by molar-refractivity contribution is 0.0943. The molecule has 5 heteroatoms. The van der Waals surface area contributed by atoms with E-state index in [9.17, 15) is 4.79 Å². The average Bonchev–Trinajstić information content (AvgIpc) is 2.90. The topological polar surface area (TPSA) is 59.8 Å². The van der Waals surface area contributed by atoms with Crippen molar-refractivity contribution in [1.82, 2.24) is 19.9 Å². The number of pyridine rings is 1. The summed E-state index contributed by atoms with van der Waals surface area (Å²) in [6.07, 6.45) is 3.48. The number of carbonyl (C=O) groups is 1. The van der Waals surface area contributed by atoms with E-state index in [0.717, 1.165) is 16.9 Å². The number of nitrogens with one attached hydrogen (secondary N) is 1. The lowest BCUT2D eigenvalue weighted by atomic mass is 10.2. The molecule has 0 saturated heterocycles. The standard InChI is InChI=1S/C16H16N4O/c1-11(2)19-16(21)12-5-7-13(8-6-12)20-10-18-14-4-3-9-17-15(14)20/h3-11H,1-2H3,(H,19,21). The first-order valence-electron chi connectivity index (χ1n) is 6.84. The highest BCUT2D eigenvalue weighted by atomic mass is 16.1. The summed E-state index contributed by atoms with van der Waals surface area (Å²) < 4.78 is 1.90. The number of nitrogens with zero attached hydrogens (tertiary/aromatic N) is 3. The van der Waals surface area contributed by atoms with Crippen LogP contribution in [0, 0.1) is 0 Å². The van der Waals surface area contributed by atoms with E-state index in [1.165, 1.54) is 0 Å². The number of aromatic nitrogens is 3. The Kier molecular flexibility index (Phi) is 3.39. The van der Waals surface area contributed by atoms with Crippen molar-refractivity contribution >= 4 is 17.1 Å². The Balaban J connectivity index is 1.92. The van der Waals surface area contributed by atoms with Gasteiger partial charge in [0.05, 0.1) is 0 Å². The van der Waals surface area contributed by atoms with Gasteiger partial charge in [-0.3, -0.25) is 9.36 Å². The van der Waals surface area contributed by atoms with Crippen LogP contribution in [0.4, 0.5) is 0 Å². The van der Waals surface area contributed by atoms with Gasteiger partial charge >= 0.3 is 0 Å². The molecule has 0 aliphatic heterocycles. The molecule has 106 valence electrons. The number of hydrogen-bond donors (Lipinski definition) is 1. The van der Waals surface area contributed by atoms with Crippen molar-refractivity contribution in [2.45, 2.75) is 19.9 Å². The fourth-order valence-electron chi connectivity index (χ4n) is 2.16. The van der Waals surface area contributed by atoms with Gasteiger partial charge < -0.3 is 5.32 Å². The van der Waals surface area contributed by atoms with Gasteiger partial charge in [0.2, 0.25) is 0 Å². The van der Waals surface area contributed by atoms with Crippen molar-refractivity contribution in [1.29, 1.82) is 0 Å². The fraction of sp³-hybridized carbons (Fsp3) is 0.188. The Morgan fingerprint density at radius 2 is 1.90 bits per heavy atom. The van der Waals surface area contributed by atoms with Gasteiger partial charge in [-0.15, -0.1) is 0 Å². The van der Waals surface area contributed by atoms with Gasteiger partial charge in [-0.2, -0.15) is 0 Å². The highest BCUT2D eigenvalue weighted by molar-refractivity contribution is 5.94. The molecule has 21 heavy (non-hydrogen) atoms. The van der Waals surface area contributed by atoms with Crippen molar-refractivity contribution in [3.05, 3.63) is 54.5 Å². The van der Waals surface area contributed by atoms with Crippen molar-refractivity contribution < 1.29 is 4.79 Å². The van der Waals surface area contributed by atoms with Crippen LogP contribution in [0.2, 0.25) is 0 Å². The first-order valence-corrected chi connectivity index (χ1v) is 6.84. The van der Waals surface area contributed by atoms with E-state index < -0.39 is 0 Å². The minimum Gasteiger partial charge on any atom is -0.350 e. The summed E-state index contributed by atoms with van der Waals surface area (Å²) in [6, 6.07) is 11.3. The lowest BCUT2D eigenvalue weighted by Gasteiger charge is -2.09. The second-order valence-corrected chi connectivity index (χ2v) is 5.14. The number of carbonyl (C=O) groups excluding carboxylic acids is 1. The van der Waals surface area contributed by atoms with Crippen LogP contribution in [0.5, 0.6) is 0 Å². The molecule has 0 aliphatic rings. The first-order chi connectivity index (χ1) is 10.1. The molecule has 1 aromatic carbocycles. The van der Waals surface area contributed by atoms with Gasteiger partial charge in [0, 0.05) is 23.5 Å². The van der Waals surface area contributed by atoms with Crippen LogP contribution in [0.3, 0.4) is 0 Å². The van der Waals surface area contributed by atoms with Crippen LogP contribution in [-0.2, 0) is 0 Å². The summed E-state index contributed by atoms with van der Waals surface area (Å²) >= 11 is 0. The Hall–Kier alpha value is -2.69. The van der Waals surface area contributed by atoms with E-state index in [2.05, 4.69) is 15.3 Å². The molecule has 0 spiro atoms. The fourth-order valence-corrected chi connectivity index (χ4v) is 2.16. The molecule has 5 nitrogen and oxygen atoms in total. The van der Waals surface area contributed by atoms with Gasteiger partial charge in [-0.05, 0) is 50.2 Å². The van der Waals surface area contributed by atoms with E-state index in [4.69, 9.17) is 0 Å². The van der Waals surface area contributed by atoms with Crippen molar-refractivity contribution in [3.8, 4) is 5.69 Å². The molecule has 0 radical (unpaired) electrons. The third-order valence-electron chi connectivity index (χ3n) is 3.13. The molecule has 0 saturated carbocycles. The van der Waals surface area contributed by atoms with E-state index in [0.29, 0.717) is 5.56 Å². The summed E-state index contributed by atoms with van der Waals surface area (Å²) in [4.78, 5) is 20.6. The van der Waals surface area contributed by atoms with Crippen LogP contribution in [0.15, 0.2) is 48.9 Å². The molecular formula is C16H16N4O. The van der Waals surface area contributed by atoms with Gasteiger partial charge in [0.15, 0.2) is 5.65 Å². The SMILES string of the molecule is CC(C)NC(=O)c1ccc(-n2cnc3cccnc32)cc1. The molecule has 0 fully saturated rings. The molecule has 1 N–H and O–H groups in total. The van der Waals surface area contributed by atoms with Crippen LogP contribution < -0.4 is 5.32 Å². The van der Waals surface area contributed by atoms with Gasteiger partial charge in [-0.1, -0.05) is 0 Å². The third kappa shape index (κ3) is 2.63. The maximum atomic E-state index is 11.9. The van der Waals surface area contributed by atoms with Crippen LogP contribution in [-0.4, -0.2) is 26.5 Å². The smallest absolute Gasteiger partial charge is 0.251 e. The Morgan fingerprint density at radius 1 is 1.14 bits per heavy atom. The van der Waals surface area contributed by atoms with E-state index in [1.807, 2.05) is 54.8 Å². The summed E-state index contributed by atoms with van der Waals surface area (Å²) in [5, 5.41) is 2.87. The largest absolute Gasteiger partial charge is 0.350 e. The molecule has 2 aromatic heterocycles. The molecule has 2 heterocycles. The molecule has 0 aliphatic carbocycles. The molecule has 3 rings (SSSR count). The number of imidazole rings is 1. The Morgan fingerprint density at radius 3 is 2.62 bits per heavy atom. The Bertz CT molecular complexity index is 774. The number of benzene rings is 1. The quantitative estimate of drug-likeness (QED) is 0.802. The Labute approximate surface area is 122 Å². The molecule has 0 bridgehead atoms. The highest BCUT2D eigenvalue weighted by Crippen LogP contribution is 2.16. The molecular weight excluding hydrogens is 264 g/mol. The average molecular weight is 280 g/mol. The molecule has 0 unspecified atom stereocenters. The maximum Gasteiger partial charge on any atom is 0.251 e. The zero-order valence-electron chi connectivity index (χ0n) is 11.9. The zero-order valence-corrected chi connectivity index (χ0v) is 11.9. The number of hydrogen-bond acceptors (Lipinski definition) is 3. The van der Waals surface area contributed by atoms with Gasteiger partial charge in [0.25, 0.3) is 5.91 Å². The number of rotatable bonds is 3. The predicted molar refractivity (Wildman–Crippen MR) is 81.5 cm³/mol. The number of fused-ring (bicyclic) bond motifs is 1. The molecule has 0 atom stereocenters. The second kappa shape index (κ2) is 5.36. The summed E-state index contributed by atoms with van der Waals surface area (Å²) in [5.41, 5.74) is 3.22. The molecule has 3 aromatic rings. The van der Waals surface area contributed by atoms with Crippen LogP contribution in [0.25, 0.3) is 16.9 Å². The zero-order chi connectivity index (χ0) is 14.8. The normalized spacial score (nSPS) is 11.0. The first kappa shape index (κ1) is 13.3. The minimum absolute atomic E-state index is 0.0647. The summed E-state index contributed by atoms with van der Waals surface area (Å²) in [5.74, 6) is -0.0647. The monoisotopic (exact) mass is 280 g/mol. The molecule has 1 amide bonds.